The third-order valence-corrected chi connectivity index (χ3v) is 10.7. The number of fused-ring (bicyclic) bond motifs is 3. The molecule has 9 nitrogen and oxygen atoms in total. The van der Waals surface area contributed by atoms with Crippen molar-refractivity contribution in [3.05, 3.63) is 53.5 Å². The van der Waals surface area contributed by atoms with Crippen molar-refractivity contribution in [1.82, 2.24) is 14.8 Å². The zero-order valence-electron chi connectivity index (χ0n) is 27.0. The van der Waals surface area contributed by atoms with Gasteiger partial charge in [0.1, 0.15) is 5.82 Å². The maximum absolute atomic E-state index is 14.5. The van der Waals surface area contributed by atoms with Gasteiger partial charge in [0.05, 0.1) is 24.3 Å². The highest BCUT2D eigenvalue weighted by Gasteiger charge is 2.39. The molecule has 4 N–H and O–H groups in total. The second-order valence-electron chi connectivity index (χ2n) is 13.3. The molecule has 1 aliphatic carbocycles. The topological polar surface area (TPSA) is 119 Å². The molecule has 246 valence electrons. The van der Waals surface area contributed by atoms with Gasteiger partial charge in [0, 0.05) is 66.9 Å². The fraction of sp³-hybridized carbons (Fsp3) is 0.528. The van der Waals surface area contributed by atoms with Crippen LogP contribution in [0.3, 0.4) is 0 Å². The number of nitrogens with two attached hydrogens (primary N) is 1. The number of nitrogens with one attached hydrogen (secondary N) is 2. The fourth-order valence-corrected chi connectivity index (χ4v) is 7.72. The molecular weight excluding hydrogens is 585 g/mol. The lowest BCUT2D eigenvalue weighted by Crippen LogP contribution is -2.43. The van der Waals surface area contributed by atoms with Crippen molar-refractivity contribution in [2.24, 2.45) is 17.1 Å². The number of rotatable bonds is 10. The van der Waals surface area contributed by atoms with Crippen molar-refractivity contribution in [2.75, 3.05) is 44.7 Å². The van der Waals surface area contributed by atoms with Crippen LogP contribution < -0.4 is 16.4 Å². The molecule has 3 aromatic rings. The zero-order chi connectivity index (χ0) is 32.4. The molecule has 1 aromatic heterocycles. The van der Waals surface area contributed by atoms with Crippen LogP contribution >= 0.6 is 0 Å². The predicted molar refractivity (Wildman–Crippen MR) is 177 cm³/mol. The van der Waals surface area contributed by atoms with Gasteiger partial charge in [-0.3, -0.25) is 23.9 Å². The number of hydrogen-bond donors (Lipinski definition) is 3. The Morgan fingerprint density at radius 2 is 1.76 bits per heavy atom. The molecule has 3 aliphatic rings. The normalized spacial score (nSPS) is 21.6. The maximum atomic E-state index is 14.5. The van der Waals surface area contributed by atoms with Gasteiger partial charge in [0.25, 0.3) is 5.91 Å². The first-order chi connectivity index (χ1) is 22.2. The quantitative estimate of drug-likeness (QED) is 0.277. The first kappa shape index (κ1) is 32.2. The van der Waals surface area contributed by atoms with Gasteiger partial charge in [-0.15, -0.1) is 0 Å². The summed E-state index contributed by atoms with van der Waals surface area (Å²) in [5, 5.41) is 7.51. The van der Waals surface area contributed by atoms with E-state index in [0.717, 1.165) is 93.6 Å². The standard InChI is InChI=1S/C36H46FN5O4/c1-3-36(4-2)21-31-33(28-12-8-25(37)20-30(28)42(31)32(43)22-36)24-7-11-27(34(38)44)29(19-24)40-26-9-5-23(6-10-26)35(45)39-13-14-41-15-17-46-18-16-41/h7-8,11-12,19-20,23,26,40H,3-6,9-10,13-18,21-22H2,1-2H3,(H2,38,44)(H,39,45)/t23-,26-. The molecule has 6 rings (SSSR count). The average Bonchev–Trinajstić information content (AvgIpc) is 3.38. The summed E-state index contributed by atoms with van der Waals surface area (Å²) in [7, 11) is 0. The van der Waals surface area contributed by atoms with Crippen molar-refractivity contribution in [1.29, 1.82) is 0 Å². The van der Waals surface area contributed by atoms with Crippen molar-refractivity contribution in [2.45, 2.75) is 71.3 Å². The van der Waals surface area contributed by atoms with Gasteiger partial charge in [-0.25, -0.2) is 4.39 Å². The van der Waals surface area contributed by atoms with Crippen LogP contribution in [0, 0.1) is 17.2 Å². The number of aromatic nitrogens is 1. The minimum absolute atomic E-state index is 0.0132. The summed E-state index contributed by atoms with van der Waals surface area (Å²) in [5.41, 5.74) is 9.90. The number of amides is 2. The highest BCUT2D eigenvalue weighted by molar-refractivity contribution is 6.06. The maximum Gasteiger partial charge on any atom is 0.250 e. The largest absolute Gasteiger partial charge is 0.382 e. The molecule has 2 aliphatic heterocycles. The van der Waals surface area contributed by atoms with Crippen LogP contribution in [0.25, 0.3) is 22.0 Å². The minimum atomic E-state index is -0.528. The van der Waals surface area contributed by atoms with E-state index < -0.39 is 5.91 Å². The summed E-state index contributed by atoms with van der Waals surface area (Å²) in [6, 6.07) is 10.3. The Bertz CT molecular complexity index is 1620. The Kier molecular flexibility index (Phi) is 9.47. The lowest BCUT2D eigenvalue weighted by molar-refractivity contribution is -0.126. The molecular formula is C36H46FN5O4. The molecule has 0 spiro atoms. The molecule has 2 amide bonds. The van der Waals surface area contributed by atoms with Gasteiger partial charge < -0.3 is 21.1 Å². The van der Waals surface area contributed by atoms with Gasteiger partial charge in [0.2, 0.25) is 11.8 Å². The SMILES string of the molecule is CCC1(CC)CC(=O)n2c(c(-c3ccc(C(N)=O)c(N[C@H]4CC[C@H](C(=O)NCCN5CCOCC5)CC4)c3)c3ccc(F)cc32)C1. The molecule has 3 heterocycles. The lowest BCUT2D eigenvalue weighted by atomic mass is 9.72. The highest BCUT2D eigenvalue weighted by Crippen LogP contribution is 2.46. The molecule has 1 saturated heterocycles. The third-order valence-electron chi connectivity index (χ3n) is 10.7. The Hall–Kier alpha value is -3.76. The van der Waals surface area contributed by atoms with E-state index in [1.165, 1.54) is 12.1 Å². The summed E-state index contributed by atoms with van der Waals surface area (Å²) in [5.74, 6) is -0.847. The van der Waals surface area contributed by atoms with Gasteiger partial charge in [-0.05, 0) is 86.3 Å². The zero-order valence-corrected chi connectivity index (χ0v) is 27.0. The number of primary amides is 1. The van der Waals surface area contributed by atoms with Crippen molar-refractivity contribution >= 4 is 34.3 Å². The fourth-order valence-electron chi connectivity index (χ4n) is 7.72. The summed E-state index contributed by atoms with van der Waals surface area (Å²) in [6.07, 6.45) is 5.96. The van der Waals surface area contributed by atoms with E-state index in [9.17, 15) is 18.8 Å². The van der Waals surface area contributed by atoms with Crippen molar-refractivity contribution in [3.8, 4) is 11.1 Å². The van der Waals surface area contributed by atoms with Crippen LogP contribution in [0.4, 0.5) is 10.1 Å². The summed E-state index contributed by atoms with van der Waals surface area (Å²) in [6.45, 7) is 9.02. The van der Waals surface area contributed by atoms with Gasteiger partial charge in [-0.2, -0.15) is 0 Å². The Morgan fingerprint density at radius 1 is 1.02 bits per heavy atom. The molecule has 0 radical (unpaired) electrons. The van der Waals surface area contributed by atoms with E-state index in [2.05, 4.69) is 29.4 Å². The average molecular weight is 632 g/mol. The molecule has 0 bridgehead atoms. The van der Waals surface area contributed by atoms with Crippen LogP contribution in [0.15, 0.2) is 36.4 Å². The van der Waals surface area contributed by atoms with Crippen LogP contribution in [0.1, 0.15) is 79.6 Å². The summed E-state index contributed by atoms with van der Waals surface area (Å²) < 4.78 is 21.6. The van der Waals surface area contributed by atoms with E-state index >= 15 is 0 Å². The first-order valence-electron chi connectivity index (χ1n) is 16.9. The number of benzene rings is 2. The Labute approximate surface area is 270 Å². The minimum Gasteiger partial charge on any atom is -0.382 e. The van der Waals surface area contributed by atoms with Crippen LogP contribution in [-0.4, -0.2) is 72.6 Å². The third kappa shape index (κ3) is 6.42. The van der Waals surface area contributed by atoms with E-state index in [1.54, 1.807) is 16.7 Å². The second-order valence-corrected chi connectivity index (χ2v) is 13.3. The molecule has 0 unspecified atom stereocenters. The number of carbonyl (C=O) groups is 3. The number of ether oxygens (including phenoxy) is 1. The molecule has 2 fully saturated rings. The van der Waals surface area contributed by atoms with E-state index in [1.807, 2.05) is 12.1 Å². The molecule has 10 heteroatoms. The number of morpholine rings is 1. The Morgan fingerprint density at radius 3 is 2.46 bits per heavy atom. The van der Waals surface area contributed by atoms with Crippen LogP contribution in [0.5, 0.6) is 0 Å². The monoisotopic (exact) mass is 631 g/mol. The molecule has 2 aromatic carbocycles. The van der Waals surface area contributed by atoms with Crippen molar-refractivity contribution in [3.63, 3.8) is 0 Å². The smallest absolute Gasteiger partial charge is 0.250 e. The summed E-state index contributed by atoms with van der Waals surface area (Å²) in [4.78, 5) is 41.3. The van der Waals surface area contributed by atoms with Crippen LogP contribution in [0.2, 0.25) is 0 Å². The number of halogens is 1. The molecule has 0 atom stereocenters. The number of anilines is 1. The van der Waals surface area contributed by atoms with Gasteiger partial charge in [0.15, 0.2) is 0 Å². The first-order valence-corrected chi connectivity index (χ1v) is 16.9. The number of hydrogen-bond acceptors (Lipinski definition) is 6. The molecule has 1 saturated carbocycles. The lowest BCUT2D eigenvalue weighted by Gasteiger charge is -2.36. The van der Waals surface area contributed by atoms with E-state index in [0.29, 0.717) is 36.2 Å². The van der Waals surface area contributed by atoms with Gasteiger partial charge in [-0.1, -0.05) is 19.9 Å². The Balaban J connectivity index is 1.22. The highest BCUT2D eigenvalue weighted by atomic mass is 19.1. The van der Waals surface area contributed by atoms with E-state index in [4.69, 9.17) is 10.5 Å². The van der Waals surface area contributed by atoms with Crippen LogP contribution in [-0.2, 0) is 16.0 Å². The predicted octanol–water partition coefficient (Wildman–Crippen LogP) is 5.36. The van der Waals surface area contributed by atoms with Crippen molar-refractivity contribution < 1.29 is 23.5 Å². The number of carbonyl (C=O) groups excluding carboxylic acids is 3. The van der Waals surface area contributed by atoms with E-state index in [-0.39, 0.29) is 35.0 Å². The summed E-state index contributed by atoms with van der Waals surface area (Å²) >= 11 is 0. The molecule has 46 heavy (non-hydrogen) atoms. The van der Waals surface area contributed by atoms with Gasteiger partial charge >= 0.3 is 0 Å². The second kappa shape index (κ2) is 13.5. The number of nitrogens with zero attached hydrogens (tertiary/aromatic N) is 2.